The molecule has 4 nitrogen and oxygen atoms in total. The number of urea groups is 1. The third-order valence-corrected chi connectivity index (χ3v) is 2.50. The van der Waals surface area contributed by atoms with Crippen LogP contribution in [0.4, 0.5) is 4.79 Å². The summed E-state index contributed by atoms with van der Waals surface area (Å²) in [5.41, 5.74) is 1.89. The van der Waals surface area contributed by atoms with E-state index >= 15 is 0 Å². The summed E-state index contributed by atoms with van der Waals surface area (Å²) >= 11 is 0. The van der Waals surface area contributed by atoms with Crippen molar-refractivity contribution in [3.63, 3.8) is 0 Å². The maximum Gasteiger partial charge on any atom is 0.317 e. The fourth-order valence-corrected chi connectivity index (χ4v) is 1.51. The Hall–Kier alpha value is -1.58. The third-order valence-electron chi connectivity index (χ3n) is 2.50. The van der Waals surface area contributed by atoms with E-state index in [0.29, 0.717) is 6.54 Å². The number of pyridine rings is 1. The molecular formula is C13H21N3O. The predicted molar refractivity (Wildman–Crippen MR) is 68.7 cm³/mol. The lowest BCUT2D eigenvalue weighted by Crippen LogP contribution is -2.37. The van der Waals surface area contributed by atoms with Crippen molar-refractivity contribution in [1.82, 2.24) is 15.2 Å². The van der Waals surface area contributed by atoms with Gasteiger partial charge in [0.05, 0.1) is 12.2 Å². The summed E-state index contributed by atoms with van der Waals surface area (Å²) in [4.78, 5) is 17.7. The third kappa shape index (κ3) is 4.85. The largest absolute Gasteiger partial charge is 0.338 e. The Morgan fingerprint density at radius 1 is 1.47 bits per heavy atom. The van der Waals surface area contributed by atoms with Gasteiger partial charge in [0.25, 0.3) is 0 Å². The Bertz CT molecular complexity index is 365. The van der Waals surface area contributed by atoms with Crippen LogP contribution in [0, 0.1) is 6.92 Å². The SMILES string of the molecule is CCCCNC(=O)N(C)Cc1cccc(C)n1. The summed E-state index contributed by atoms with van der Waals surface area (Å²) in [7, 11) is 1.78. The minimum absolute atomic E-state index is 0.0400. The zero-order chi connectivity index (χ0) is 12.7. The molecule has 94 valence electrons. The highest BCUT2D eigenvalue weighted by Gasteiger charge is 2.08. The second kappa shape index (κ2) is 6.89. The molecule has 0 spiro atoms. The Morgan fingerprint density at radius 2 is 2.24 bits per heavy atom. The van der Waals surface area contributed by atoms with E-state index in [-0.39, 0.29) is 6.03 Å². The standard InChI is InChI=1S/C13H21N3O/c1-4-5-9-14-13(17)16(3)10-12-8-6-7-11(2)15-12/h6-8H,4-5,9-10H2,1-3H3,(H,14,17). The lowest BCUT2D eigenvalue weighted by molar-refractivity contribution is 0.206. The van der Waals surface area contributed by atoms with Crippen molar-refractivity contribution >= 4 is 6.03 Å². The summed E-state index contributed by atoms with van der Waals surface area (Å²) in [6, 6.07) is 5.80. The van der Waals surface area contributed by atoms with Crippen molar-refractivity contribution in [3.8, 4) is 0 Å². The van der Waals surface area contributed by atoms with Gasteiger partial charge in [-0.15, -0.1) is 0 Å². The van der Waals surface area contributed by atoms with Crippen LogP contribution < -0.4 is 5.32 Å². The summed E-state index contributed by atoms with van der Waals surface area (Å²) in [5.74, 6) is 0. The highest BCUT2D eigenvalue weighted by atomic mass is 16.2. The van der Waals surface area contributed by atoms with Gasteiger partial charge in [-0.3, -0.25) is 4.98 Å². The van der Waals surface area contributed by atoms with Crippen LogP contribution in [0.2, 0.25) is 0 Å². The molecule has 2 amide bonds. The molecule has 0 saturated heterocycles. The minimum atomic E-state index is -0.0400. The summed E-state index contributed by atoms with van der Waals surface area (Å²) in [6.45, 7) is 5.33. The van der Waals surface area contributed by atoms with Gasteiger partial charge in [-0.2, -0.15) is 0 Å². The number of aryl methyl sites for hydroxylation is 1. The van der Waals surface area contributed by atoms with Gasteiger partial charge in [0.2, 0.25) is 0 Å². The normalized spacial score (nSPS) is 10.1. The highest BCUT2D eigenvalue weighted by Crippen LogP contribution is 2.01. The van der Waals surface area contributed by atoms with Crippen molar-refractivity contribution in [2.24, 2.45) is 0 Å². The van der Waals surface area contributed by atoms with Crippen molar-refractivity contribution in [2.45, 2.75) is 33.2 Å². The number of unbranched alkanes of at least 4 members (excludes halogenated alkanes) is 1. The number of hydrogen-bond acceptors (Lipinski definition) is 2. The highest BCUT2D eigenvalue weighted by molar-refractivity contribution is 5.73. The molecule has 0 aliphatic rings. The van der Waals surface area contributed by atoms with E-state index in [4.69, 9.17) is 0 Å². The van der Waals surface area contributed by atoms with Crippen molar-refractivity contribution in [2.75, 3.05) is 13.6 Å². The quantitative estimate of drug-likeness (QED) is 0.796. The Kier molecular flexibility index (Phi) is 5.46. The summed E-state index contributed by atoms with van der Waals surface area (Å²) in [6.07, 6.45) is 2.10. The van der Waals surface area contributed by atoms with E-state index in [0.717, 1.165) is 30.8 Å². The molecule has 1 rings (SSSR count). The number of carbonyl (C=O) groups is 1. The number of rotatable bonds is 5. The Morgan fingerprint density at radius 3 is 2.88 bits per heavy atom. The lowest BCUT2D eigenvalue weighted by Gasteiger charge is -2.17. The van der Waals surface area contributed by atoms with Gasteiger partial charge in [0.15, 0.2) is 0 Å². The Balaban J connectivity index is 2.43. The van der Waals surface area contributed by atoms with Crippen LogP contribution in [-0.2, 0) is 6.54 Å². The van der Waals surface area contributed by atoms with Gasteiger partial charge >= 0.3 is 6.03 Å². The number of amides is 2. The molecule has 0 unspecified atom stereocenters. The number of carbonyl (C=O) groups excluding carboxylic acids is 1. The van der Waals surface area contributed by atoms with Crippen LogP contribution in [0.15, 0.2) is 18.2 Å². The minimum Gasteiger partial charge on any atom is -0.338 e. The topological polar surface area (TPSA) is 45.2 Å². The van der Waals surface area contributed by atoms with Crippen LogP contribution in [-0.4, -0.2) is 29.5 Å². The molecule has 0 atom stereocenters. The van der Waals surface area contributed by atoms with E-state index in [9.17, 15) is 4.79 Å². The molecule has 0 aliphatic carbocycles. The van der Waals surface area contributed by atoms with Crippen LogP contribution >= 0.6 is 0 Å². The van der Waals surface area contributed by atoms with Crippen molar-refractivity contribution < 1.29 is 4.79 Å². The fraction of sp³-hybridized carbons (Fsp3) is 0.538. The zero-order valence-electron chi connectivity index (χ0n) is 10.9. The van der Waals surface area contributed by atoms with Crippen molar-refractivity contribution in [3.05, 3.63) is 29.6 Å². The molecule has 17 heavy (non-hydrogen) atoms. The maximum atomic E-state index is 11.7. The lowest BCUT2D eigenvalue weighted by atomic mass is 10.3. The maximum absolute atomic E-state index is 11.7. The first-order chi connectivity index (χ1) is 8.13. The molecule has 1 N–H and O–H groups in total. The molecule has 1 heterocycles. The van der Waals surface area contributed by atoms with Crippen LogP contribution in [0.1, 0.15) is 31.2 Å². The number of aromatic nitrogens is 1. The van der Waals surface area contributed by atoms with Gasteiger partial charge in [-0.1, -0.05) is 19.4 Å². The molecule has 0 aliphatic heterocycles. The van der Waals surface area contributed by atoms with Crippen LogP contribution in [0.3, 0.4) is 0 Å². The number of nitrogens with one attached hydrogen (secondary N) is 1. The van der Waals surface area contributed by atoms with E-state index < -0.39 is 0 Å². The molecule has 0 radical (unpaired) electrons. The number of nitrogens with zero attached hydrogens (tertiary/aromatic N) is 2. The molecule has 0 fully saturated rings. The van der Waals surface area contributed by atoms with Gasteiger partial charge in [-0.05, 0) is 25.5 Å². The molecule has 0 aromatic carbocycles. The van der Waals surface area contributed by atoms with Crippen molar-refractivity contribution in [1.29, 1.82) is 0 Å². The molecule has 0 bridgehead atoms. The molecule has 4 heteroatoms. The molecule has 0 saturated carbocycles. The number of hydrogen-bond donors (Lipinski definition) is 1. The first kappa shape index (κ1) is 13.5. The first-order valence-corrected chi connectivity index (χ1v) is 6.05. The fourth-order valence-electron chi connectivity index (χ4n) is 1.51. The van der Waals surface area contributed by atoms with Gasteiger partial charge in [0.1, 0.15) is 0 Å². The summed E-state index contributed by atoms with van der Waals surface area (Å²) < 4.78 is 0. The Labute approximate surface area is 103 Å². The first-order valence-electron chi connectivity index (χ1n) is 6.05. The van der Waals surface area contributed by atoms with E-state index in [2.05, 4.69) is 17.2 Å². The smallest absolute Gasteiger partial charge is 0.317 e. The monoisotopic (exact) mass is 235 g/mol. The van der Waals surface area contributed by atoms with Gasteiger partial charge in [0, 0.05) is 19.3 Å². The van der Waals surface area contributed by atoms with E-state index in [1.54, 1.807) is 11.9 Å². The average molecular weight is 235 g/mol. The predicted octanol–water partition coefficient (Wildman–Crippen LogP) is 2.33. The van der Waals surface area contributed by atoms with E-state index in [1.807, 2.05) is 25.1 Å². The average Bonchev–Trinajstić information content (AvgIpc) is 2.29. The second-order valence-electron chi connectivity index (χ2n) is 4.21. The van der Waals surface area contributed by atoms with Gasteiger partial charge < -0.3 is 10.2 Å². The summed E-state index contributed by atoms with van der Waals surface area (Å²) in [5, 5.41) is 2.88. The molecule has 1 aromatic rings. The van der Waals surface area contributed by atoms with E-state index in [1.165, 1.54) is 0 Å². The molecule has 1 aromatic heterocycles. The van der Waals surface area contributed by atoms with Crippen LogP contribution in [0.25, 0.3) is 0 Å². The van der Waals surface area contributed by atoms with Gasteiger partial charge in [-0.25, -0.2) is 4.79 Å². The zero-order valence-corrected chi connectivity index (χ0v) is 10.9. The van der Waals surface area contributed by atoms with Crippen LogP contribution in [0.5, 0.6) is 0 Å². The molecular weight excluding hydrogens is 214 g/mol. The second-order valence-corrected chi connectivity index (χ2v) is 4.21.